The first kappa shape index (κ1) is 10.2. The summed E-state index contributed by atoms with van der Waals surface area (Å²) in [6, 6.07) is 8.33. The van der Waals surface area contributed by atoms with E-state index in [0.29, 0.717) is 0 Å². The minimum absolute atomic E-state index is 0.0518. The minimum atomic E-state index is -0.206. The third-order valence-electron chi connectivity index (χ3n) is 3.10. The van der Waals surface area contributed by atoms with E-state index in [1.807, 2.05) is 6.07 Å². The van der Waals surface area contributed by atoms with Gasteiger partial charge in [0.1, 0.15) is 0 Å². The molecule has 2 nitrogen and oxygen atoms in total. The molecule has 80 valence electrons. The lowest BCUT2D eigenvalue weighted by atomic mass is 9.96. The third kappa shape index (κ3) is 2.04. The number of aryl methyl sites for hydroxylation is 1. The predicted octanol–water partition coefficient (Wildman–Crippen LogP) is 2.49. The normalized spacial score (nSPS) is 17.2. The van der Waals surface area contributed by atoms with Gasteiger partial charge >= 0.3 is 5.97 Å². The molecule has 2 heteroatoms. The van der Waals surface area contributed by atoms with Gasteiger partial charge in [0.15, 0.2) is 0 Å². The summed E-state index contributed by atoms with van der Waals surface area (Å²) in [6.07, 6.45) is 2.75. The van der Waals surface area contributed by atoms with Crippen LogP contribution in [-0.4, -0.2) is 13.1 Å². The van der Waals surface area contributed by atoms with Gasteiger partial charge in [-0.2, -0.15) is 0 Å². The molecule has 1 fully saturated rings. The van der Waals surface area contributed by atoms with Crippen molar-refractivity contribution in [3.63, 3.8) is 0 Å². The second-order valence-electron chi connectivity index (χ2n) is 4.44. The van der Waals surface area contributed by atoms with E-state index in [9.17, 15) is 4.79 Å². The van der Waals surface area contributed by atoms with Gasteiger partial charge in [0.05, 0.1) is 12.5 Å². The summed E-state index contributed by atoms with van der Waals surface area (Å²) in [4.78, 5) is 11.6. The minimum Gasteiger partial charge on any atom is -0.469 e. The van der Waals surface area contributed by atoms with Crippen LogP contribution in [0.1, 0.15) is 24.0 Å². The van der Waals surface area contributed by atoms with Crippen LogP contribution in [0.25, 0.3) is 0 Å². The van der Waals surface area contributed by atoms with Crippen LogP contribution >= 0.6 is 0 Å². The largest absolute Gasteiger partial charge is 0.469 e. The van der Waals surface area contributed by atoms with Crippen molar-refractivity contribution in [2.24, 2.45) is 5.41 Å². The Morgan fingerprint density at radius 3 is 2.73 bits per heavy atom. The lowest BCUT2D eigenvalue weighted by molar-refractivity contribution is -0.147. The van der Waals surface area contributed by atoms with E-state index in [-0.39, 0.29) is 11.4 Å². The molecule has 0 unspecified atom stereocenters. The van der Waals surface area contributed by atoms with Crippen LogP contribution in [0.5, 0.6) is 0 Å². The molecule has 0 aromatic heterocycles. The maximum atomic E-state index is 11.6. The van der Waals surface area contributed by atoms with Crippen LogP contribution < -0.4 is 0 Å². The van der Waals surface area contributed by atoms with Gasteiger partial charge in [-0.15, -0.1) is 0 Å². The van der Waals surface area contributed by atoms with Crippen LogP contribution in [-0.2, 0) is 16.0 Å². The number of carbonyl (C=O) groups excluding carboxylic acids is 1. The van der Waals surface area contributed by atoms with E-state index in [4.69, 9.17) is 4.74 Å². The van der Waals surface area contributed by atoms with Crippen LogP contribution in [0.3, 0.4) is 0 Å². The molecule has 15 heavy (non-hydrogen) atoms. The van der Waals surface area contributed by atoms with E-state index < -0.39 is 0 Å². The molecular formula is C13H16O2. The van der Waals surface area contributed by atoms with E-state index in [1.165, 1.54) is 18.2 Å². The van der Waals surface area contributed by atoms with Crippen molar-refractivity contribution < 1.29 is 9.53 Å². The van der Waals surface area contributed by atoms with E-state index in [1.54, 1.807) is 0 Å². The first-order valence-electron chi connectivity index (χ1n) is 5.30. The highest BCUT2D eigenvalue weighted by Gasteiger charge is 2.50. The summed E-state index contributed by atoms with van der Waals surface area (Å²) in [5.74, 6) is -0.0518. The molecule has 0 saturated heterocycles. The van der Waals surface area contributed by atoms with Crippen molar-refractivity contribution >= 4 is 5.97 Å². The molecule has 1 aliphatic rings. The van der Waals surface area contributed by atoms with Crippen LogP contribution in [0, 0.1) is 12.3 Å². The summed E-state index contributed by atoms with van der Waals surface area (Å²) >= 11 is 0. The zero-order chi connectivity index (χ0) is 10.9. The second kappa shape index (κ2) is 3.69. The van der Waals surface area contributed by atoms with Gasteiger partial charge in [-0.1, -0.05) is 29.8 Å². The monoisotopic (exact) mass is 204 g/mol. The number of esters is 1. The Morgan fingerprint density at radius 2 is 2.20 bits per heavy atom. The second-order valence-corrected chi connectivity index (χ2v) is 4.44. The predicted molar refractivity (Wildman–Crippen MR) is 58.6 cm³/mol. The fourth-order valence-electron chi connectivity index (χ4n) is 2.03. The van der Waals surface area contributed by atoms with Gasteiger partial charge in [0.2, 0.25) is 0 Å². The van der Waals surface area contributed by atoms with Crippen LogP contribution in [0.2, 0.25) is 0 Å². The fraction of sp³-hybridized carbons (Fsp3) is 0.462. The number of carbonyl (C=O) groups is 1. The lowest BCUT2D eigenvalue weighted by Gasteiger charge is -2.12. The van der Waals surface area contributed by atoms with Gasteiger partial charge in [-0.05, 0) is 31.7 Å². The first-order chi connectivity index (χ1) is 7.16. The molecule has 1 aromatic carbocycles. The first-order valence-corrected chi connectivity index (χ1v) is 5.30. The van der Waals surface area contributed by atoms with Gasteiger partial charge in [-0.25, -0.2) is 0 Å². The fourth-order valence-corrected chi connectivity index (χ4v) is 2.03. The summed E-state index contributed by atoms with van der Waals surface area (Å²) < 4.78 is 4.84. The molecule has 0 heterocycles. The number of ether oxygens (including phenoxy) is 1. The van der Waals surface area contributed by atoms with E-state index in [0.717, 1.165) is 19.3 Å². The molecule has 0 aliphatic heterocycles. The van der Waals surface area contributed by atoms with Crippen molar-refractivity contribution in [2.45, 2.75) is 26.2 Å². The zero-order valence-electron chi connectivity index (χ0n) is 9.25. The number of rotatable bonds is 3. The number of hydrogen-bond donors (Lipinski definition) is 0. The summed E-state index contributed by atoms with van der Waals surface area (Å²) in [6.45, 7) is 2.07. The number of benzene rings is 1. The Kier molecular flexibility index (Phi) is 2.51. The number of hydrogen-bond acceptors (Lipinski definition) is 2. The maximum absolute atomic E-state index is 11.6. The topological polar surface area (TPSA) is 26.3 Å². The summed E-state index contributed by atoms with van der Waals surface area (Å²) in [5, 5.41) is 0. The molecule has 0 amide bonds. The SMILES string of the molecule is COC(=O)C1(Cc2cccc(C)c2)CC1. The molecule has 0 radical (unpaired) electrons. The molecule has 1 aliphatic carbocycles. The van der Waals surface area contributed by atoms with E-state index in [2.05, 4.69) is 25.1 Å². The molecule has 2 rings (SSSR count). The van der Waals surface area contributed by atoms with Crippen molar-refractivity contribution in [3.8, 4) is 0 Å². The molecular weight excluding hydrogens is 188 g/mol. The highest BCUT2D eigenvalue weighted by atomic mass is 16.5. The number of methoxy groups -OCH3 is 1. The Labute approximate surface area is 90.3 Å². The molecule has 0 atom stereocenters. The van der Waals surface area contributed by atoms with Crippen LogP contribution in [0.4, 0.5) is 0 Å². The van der Waals surface area contributed by atoms with Crippen molar-refractivity contribution in [2.75, 3.05) is 7.11 Å². The van der Waals surface area contributed by atoms with Gasteiger partial charge < -0.3 is 4.74 Å². The Hall–Kier alpha value is -1.31. The summed E-state index contributed by atoms with van der Waals surface area (Å²) in [5.41, 5.74) is 2.27. The summed E-state index contributed by atoms with van der Waals surface area (Å²) in [7, 11) is 1.47. The van der Waals surface area contributed by atoms with Crippen molar-refractivity contribution in [1.29, 1.82) is 0 Å². The average molecular weight is 204 g/mol. The highest BCUT2D eigenvalue weighted by molar-refractivity contribution is 5.80. The maximum Gasteiger partial charge on any atom is 0.312 e. The van der Waals surface area contributed by atoms with Crippen LogP contribution in [0.15, 0.2) is 24.3 Å². The molecule has 0 spiro atoms. The quantitative estimate of drug-likeness (QED) is 0.707. The smallest absolute Gasteiger partial charge is 0.312 e. The van der Waals surface area contributed by atoms with Gasteiger partial charge in [-0.3, -0.25) is 4.79 Å². The molecule has 1 saturated carbocycles. The highest BCUT2D eigenvalue weighted by Crippen LogP contribution is 2.49. The standard InChI is InChI=1S/C13H16O2/c1-10-4-3-5-11(8-10)9-13(6-7-13)12(14)15-2/h3-5,8H,6-7,9H2,1-2H3. The lowest BCUT2D eigenvalue weighted by Crippen LogP contribution is -2.19. The molecule has 1 aromatic rings. The average Bonchev–Trinajstić information content (AvgIpc) is 2.98. The van der Waals surface area contributed by atoms with E-state index >= 15 is 0 Å². The third-order valence-corrected chi connectivity index (χ3v) is 3.10. The Balaban J connectivity index is 2.12. The molecule has 0 bridgehead atoms. The Bertz CT molecular complexity index is 378. The molecule has 0 N–H and O–H groups in total. The Morgan fingerprint density at radius 1 is 1.47 bits per heavy atom. The van der Waals surface area contributed by atoms with Gasteiger partial charge in [0.25, 0.3) is 0 Å². The van der Waals surface area contributed by atoms with Crippen molar-refractivity contribution in [3.05, 3.63) is 35.4 Å². The van der Waals surface area contributed by atoms with Gasteiger partial charge in [0, 0.05) is 0 Å². The zero-order valence-corrected chi connectivity index (χ0v) is 9.25. The van der Waals surface area contributed by atoms with Crippen molar-refractivity contribution in [1.82, 2.24) is 0 Å².